The molecule has 2 amide bonds. The fourth-order valence-corrected chi connectivity index (χ4v) is 3.57. The van der Waals surface area contributed by atoms with Crippen LogP contribution in [0, 0.1) is 0 Å². The van der Waals surface area contributed by atoms with Gasteiger partial charge in [-0.3, -0.25) is 14.5 Å². The molecule has 26 heavy (non-hydrogen) atoms. The molecule has 132 valence electrons. The number of fused-ring (bicyclic) bond motifs is 1. The lowest BCUT2D eigenvalue weighted by Crippen LogP contribution is -2.43. The van der Waals surface area contributed by atoms with Gasteiger partial charge in [0, 0.05) is 22.7 Å². The Bertz CT molecular complexity index is 914. The molecule has 0 saturated carbocycles. The Kier molecular flexibility index (Phi) is 4.12. The van der Waals surface area contributed by atoms with E-state index in [4.69, 9.17) is 16.3 Å². The third-order valence-corrected chi connectivity index (χ3v) is 4.80. The molecule has 2 heterocycles. The van der Waals surface area contributed by atoms with E-state index < -0.39 is 18.2 Å². The summed E-state index contributed by atoms with van der Waals surface area (Å²) in [6.45, 7) is 0. The van der Waals surface area contributed by atoms with E-state index in [1.165, 1.54) is 4.90 Å². The number of halogens is 1. The number of hydrogen-bond acceptors (Lipinski definition) is 4. The predicted octanol–water partition coefficient (Wildman–Crippen LogP) is 3.14. The normalized spacial score (nSPS) is 21.5. The average molecular weight is 371 g/mol. The van der Waals surface area contributed by atoms with Gasteiger partial charge >= 0.3 is 5.97 Å². The number of cyclic esters (lactones) is 1. The second-order valence-corrected chi connectivity index (χ2v) is 6.64. The lowest BCUT2D eigenvalue weighted by atomic mass is 10.1. The van der Waals surface area contributed by atoms with E-state index in [0.717, 1.165) is 0 Å². The van der Waals surface area contributed by atoms with Gasteiger partial charge in [-0.25, -0.2) is 4.79 Å². The maximum Gasteiger partial charge on any atom is 0.340 e. The van der Waals surface area contributed by atoms with Crippen LogP contribution in [0.3, 0.4) is 0 Å². The molecule has 0 aliphatic carbocycles. The maximum atomic E-state index is 12.7. The summed E-state index contributed by atoms with van der Waals surface area (Å²) in [4.78, 5) is 38.6. The van der Waals surface area contributed by atoms with Crippen molar-refractivity contribution in [3.05, 3.63) is 64.7 Å². The van der Waals surface area contributed by atoms with Crippen molar-refractivity contribution in [3.63, 3.8) is 0 Å². The van der Waals surface area contributed by atoms with Crippen molar-refractivity contribution in [2.45, 2.75) is 25.1 Å². The van der Waals surface area contributed by atoms with Gasteiger partial charge in [0.25, 0.3) is 0 Å². The molecule has 2 aromatic carbocycles. The monoisotopic (exact) mass is 370 g/mol. The lowest BCUT2D eigenvalue weighted by molar-refractivity contribution is -0.144. The molecule has 0 aromatic heterocycles. The zero-order valence-electron chi connectivity index (χ0n) is 13.6. The van der Waals surface area contributed by atoms with Crippen molar-refractivity contribution >= 4 is 35.1 Å². The first-order valence-corrected chi connectivity index (χ1v) is 8.60. The fourth-order valence-electron chi connectivity index (χ4n) is 3.38. The average Bonchev–Trinajstić information content (AvgIpc) is 3.15. The zero-order valence-corrected chi connectivity index (χ0v) is 14.4. The lowest BCUT2D eigenvalue weighted by Gasteiger charge is -2.29. The van der Waals surface area contributed by atoms with Crippen LogP contribution in [-0.4, -0.2) is 28.7 Å². The van der Waals surface area contributed by atoms with Crippen LogP contribution in [0.4, 0.5) is 5.69 Å². The topological polar surface area (TPSA) is 75.7 Å². The summed E-state index contributed by atoms with van der Waals surface area (Å²) in [5.41, 5.74) is 1.57. The van der Waals surface area contributed by atoms with Gasteiger partial charge in [0.05, 0.1) is 5.56 Å². The Hall–Kier alpha value is -2.86. The smallest absolute Gasteiger partial charge is 0.340 e. The first-order valence-electron chi connectivity index (χ1n) is 8.22. The first kappa shape index (κ1) is 16.6. The summed E-state index contributed by atoms with van der Waals surface area (Å²) >= 11 is 5.94. The number of nitrogens with zero attached hydrogens (tertiary/aromatic N) is 1. The molecule has 0 bridgehead atoms. The second kappa shape index (κ2) is 6.46. The van der Waals surface area contributed by atoms with Crippen LogP contribution in [0.2, 0.25) is 5.02 Å². The van der Waals surface area contributed by atoms with Crippen molar-refractivity contribution < 1.29 is 19.1 Å². The van der Waals surface area contributed by atoms with Crippen molar-refractivity contribution in [1.82, 2.24) is 4.90 Å². The van der Waals surface area contributed by atoms with Gasteiger partial charge in [0.1, 0.15) is 6.04 Å². The van der Waals surface area contributed by atoms with Crippen LogP contribution in [0.15, 0.2) is 48.5 Å². The summed E-state index contributed by atoms with van der Waals surface area (Å²) in [7, 11) is 0. The van der Waals surface area contributed by atoms with Gasteiger partial charge in [-0.05, 0) is 30.7 Å². The first-order chi connectivity index (χ1) is 12.5. The van der Waals surface area contributed by atoms with Gasteiger partial charge in [0.15, 0.2) is 0 Å². The van der Waals surface area contributed by atoms with Crippen molar-refractivity contribution in [2.24, 2.45) is 0 Å². The fraction of sp³-hybridized carbons (Fsp3) is 0.211. The van der Waals surface area contributed by atoms with E-state index in [1.54, 1.807) is 48.5 Å². The number of anilines is 1. The van der Waals surface area contributed by atoms with E-state index in [9.17, 15) is 14.4 Å². The minimum Gasteiger partial charge on any atom is -0.433 e. The molecule has 0 radical (unpaired) electrons. The quantitative estimate of drug-likeness (QED) is 0.842. The Morgan fingerprint density at radius 3 is 2.77 bits per heavy atom. The highest BCUT2D eigenvalue weighted by atomic mass is 35.5. The van der Waals surface area contributed by atoms with E-state index in [2.05, 4.69) is 5.32 Å². The van der Waals surface area contributed by atoms with Gasteiger partial charge in [0.2, 0.25) is 18.0 Å². The molecule has 2 aliphatic heterocycles. The molecule has 1 fully saturated rings. The van der Waals surface area contributed by atoms with Crippen LogP contribution in [-0.2, 0) is 14.3 Å². The Balaban J connectivity index is 1.60. The number of ether oxygens (including phenoxy) is 1. The van der Waals surface area contributed by atoms with E-state index in [-0.39, 0.29) is 18.2 Å². The number of benzene rings is 2. The third kappa shape index (κ3) is 2.82. The van der Waals surface area contributed by atoms with Gasteiger partial charge in [-0.1, -0.05) is 35.9 Å². The van der Waals surface area contributed by atoms with E-state index >= 15 is 0 Å². The Labute approximate surface area is 154 Å². The van der Waals surface area contributed by atoms with Gasteiger partial charge in [-0.15, -0.1) is 0 Å². The zero-order chi connectivity index (χ0) is 18.3. The SMILES string of the molecule is O=C1OC(N2C(=O)CCC2C(=O)Nc2cccc(Cl)c2)c2ccccc21. The number of amides is 2. The molecule has 0 spiro atoms. The molecule has 4 rings (SSSR count). The highest BCUT2D eigenvalue weighted by Crippen LogP contribution is 2.38. The summed E-state index contributed by atoms with van der Waals surface area (Å²) < 4.78 is 5.40. The summed E-state index contributed by atoms with van der Waals surface area (Å²) in [5, 5.41) is 3.28. The van der Waals surface area contributed by atoms with Crippen molar-refractivity contribution in [1.29, 1.82) is 0 Å². The Morgan fingerprint density at radius 1 is 1.15 bits per heavy atom. The molecule has 1 saturated heterocycles. The molecule has 1 N–H and O–H groups in total. The molecule has 7 heteroatoms. The van der Waals surface area contributed by atoms with Crippen LogP contribution >= 0.6 is 11.6 Å². The number of likely N-dealkylation sites (tertiary alicyclic amines) is 1. The predicted molar refractivity (Wildman–Crippen MR) is 94.5 cm³/mol. The molecule has 2 aliphatic rings. The molecule has 2 aromatic rings. The van der Waals surface area contributed by atoms with Gasteiger partial charge < -0.3 is 10.1 Å². The second-order valence-electron chi connectivity index (χ2n) is 6.20. The maximum absolute atomic E-state index is 12.7. The highest BCUT2D eigenvalue weighted by Gasteiger charge is 2.46. The number of carbonyl (C=O) groups excluding carboxylic acids is 3. The van der Waals surface area contributed by atoms with Crippen molar-refractivity contribution in [2.75, 3.05) is 5.32 Å². The minimum absolute atomic E-state index is 0.217. The molecule has 2 unspecified atom stereocenters. The standard InChI is InChI=1S/C19H15ClN2O4/c20-11-4-3-5-12(10-11)21-17(24)15-8-9-16(23)22(15)18-13-6-1-2-7-14(13)19(25)26-18/h1-7,10,15,18H,8-9H2,(H,21,24). The van der Waals surface area contributed by atoms with Crippen LogP contribution in [0.25, 0.3) is 0 Å². The largest absolute Gasteiger partial charge is 0.433 e. The van der Waals surface area contributed by atoms with Crippen LogP contribution in [0.5, 0.6) is 0 Å². The van der Waals surface area contributed by atoms with Crippen molar-refractivity contribution in [3.8, 4) is 0 Å². The number of nitrogens with one attached hydrogen (secondary N) is 1. The molecule has 6 nitrogen and oxygen atoms in total. The van der Waals surface area contributed by atoms with Gasteiger partial charge in [-0.2, -0.15) is 0 Å². The number of carbonyl (C=O) groups is 3. The Morgan fingerprint density at radius 2 is 1.96 bits per heavy atom. The minimum atomic E-state index is -0.871. The van der Waals surface area contributed by atoms with E-state index in [0.29, 0.717) is 28.3 Å². The summed E-state index contributed by atoms with van der Waals surface area (Å²) in [6.07, 6.45) is -0.283. The highest BCUT2D eigenvalue weighted by molar-refractivity contribution is 6.30. The molecular formula is C19H15ClN2O4. The van der Waals surface area contributed by atoms with Crippen LogP contribution in [0.1, 0.15) is 35.0 Å². The summed E-state index contributed by atoms with van der Waals surface area (Å²) in [6, 6.07) is 13.0. The molecule has 2 atom stereocenters. The van der Waals surface area contributed by atoms with E-state index in [1.807, 2.05) is 0 Å². The van der Waals surface area contributed by atoms with Crippen LogP contribution < -0.4 is 5.32 Å². The number of esters is 1. The molecular weight excluding hydrogens is 356 g/mol. The number of rotatable bonds is 3. The summed E-state index contributed by atoms with van der Waals surface area (Å²) in [5.74, 6) is -1.04. The number of hydrogen-bond donors (Lipinski definition) is 1. The third-order valence-electron chi connectivity index (χ3n) is 4.57.